The molecule has 0 radical (unpaired) electrons. The van der Waals surface area contributed by atoms with Gasteiger partial charge in [-0.25, -0.2) is 4.79 Å². The van der Waals surface area contributed by atoms with Crippen LogP contribution in [0.15, 0.2) is 12.4 Å². The summed E-state index contributed by atoms with van der Waals surface area (Å²) < 4.78 is 0.938. The van der Waals surface area contributed by atoms with Crippen LogP contribution in [0.4, 0.5) is 5.69 Å². The van der Waals surface area contributed by atoms with Gasteiger partial charge in [0.25, 0.3) is 0 Å². The smallest absolute Gasteiger partial charge is 0.326 e. The van der Waals surface area contributed by atoms with Crippen molar-refractivity contribution in [3.8, 4) is 0 Å². The summed E-state index contributed by atoms with van der Waals surface area (Å²) in [4.78, 5) is 42.3. The van der Waals surface area contributed by atoms with E-state index in [0.717, 1.165) is 17.1 Å². The quantitative estimate of drug-likeness (QED) is 0.416. The highest BCUT2D eigenvalue weighted by molar-refractivity contribution is 5.86. The van der Waals surface area contributed by atoms with Crippen LogP contribution in [0.5, 0.6) is 0 Å². The van der Waals surface area contributed by atoms with Crippen LogP contribution in [0.2, 0.25) is 0 Å². The minimum Gasteiger partial charge on any atom is -0.481 e. The second kappa shape index (κ2) is 6.26. The molecule has 11 nitrogen and oxygen atoms in total. The topological polar surface area (TPSA) is 165 Å². The fourth-order valence-corrected chi connectivity index (χ4v) is 1.30. The van der Waals surface area contributed by atoms with Crippen molar-refractivity contribution >= 4 is 23.5 Å². The zero-order valence-corrected chi connectivity index (χ0v) is 9.92. The molecule has 20 heavy (non-hydrogen) atoms. The molecule has 0 fully saturated rings. The first kappa shape index (κ1) is 15.1. The van der Waals surface area contributed by atoms with Crippen LogP contribution in [-0.2, 0) is 20.9 Å². The number of nitro groups is 1. The molecule has 1 heterocycles. The van der Waals surface area contributed by atoms with Crippen LogP contribution in [0.3, 0.4) is 0 Å². The van der Waals surface area contributed by atoms with Crippen molar-refractivity contribution in [2.75, 3.05) is 0 Å². The van der Waals surface area contributed by atoms with Crippen molar-refractivity contribution in [2.24, 2.45) is 0 Å². The number of aliphatic carboxylic acids is 2. The van der Waals surface area contributed by atoms with Crippen molar-refractivity contribution in [1.29, 1.82) is 0 Å². The molecule has 1 rings (SSSR count). The molecular weight excluding hydrogens is 276 g/mol. The van der Waals surface area contributed by atoms with Crippen LogP contribution in [0.1, 0.15) is 6.42 Å². The molecule has 3 N–H and O–H groups in total. The van der Waals surface area contributed by atoms with E-state index < -0.39 is 41.8 Å². The monoisotopic (exact) mass is 286 g/mol. The Labute approximate surface area is 111 Å². The maximum Gasteiger partial charge on any atom is 0.326 e. The van der Waals surface area contributed by atoms with Crippen LogP contribution in [0, 0.1) is 10.1 Å². The lowest BCUT2D eigenvalue weighted by atomic mass is 10.2. The molecule has 0 aromatic carbocycles. The number of aromatic nitrogens is 2. The Hall–Kier alpha value is -2.98. The van der Waals surface area contributed by atoms with Crippen molar-refractivity contribution in [2.45, 2.75) is 19.0 Å². The van der Waals surface area contributed by atoms with Gasteiger partial charge in [-0.3, -0.25) is 24.4 Å². The highest BCUT2D eigenvalue weighted by Crippen LogP contribution is 2.07. The van der Waals surface area contributed by atoms with Gasteiger partial charge in [0.05, 0.1) is 11.3 Å². The van der Waals surface area contributed by atoms with E-state index in [1.165, 1.54) is 0 Å². The fourth-order valence-electron chi connectivity index (χ4n) is 1.30. The average Bonchev–Trinajstić information content (AvgIpc) is 2.75. The minimum absolute atomic E-state index is 0.321. The largest absolute Gasteiger partial charge is 0.481 e. The third-order valence-electron chi connectivity index (χ3n) is 2.15. The summed E-state index contributed by atoms with van der Waals surface area (Å²) in [7, 11) is 0. The normalized spacial score (nSPS) is 11.6. The summed E-state index contributed by atoms with van der Waals surface area (Å²) in [5.74, 6) is -3.70. The lowest BCUT2D eigenvalue weighted by Crippen LogP contribution is -2.43. The Morgan fingerprint density at radius 2 is 2.10 bits per heavy atom. The Morgan fingerprint density at radius 3 is 2.55 bits per heavy atom. The summed E-state index contributed by atoms with van der Waals surface area (Å²) in [6, 6.07) is -1.58. The molecule has 1 amide bonds. The molecular formula is C9H10N4O7. The van der Waals surface area contributed by atoms with Crippen molar-refractivity contribution in [3.05, 3.63) is 22.5 Å². The molecule has 11 heteroatoms. The first-order chi connectivity index (χ1) is 9.29. The molecule has 0 bridgehead atoms. The maximum atomic E-state index is 11.5. The van der Waals surface area contributed by atoms with E-state index in [2.05, 4.69) is 5.10 Å². The first-order valence-electron chi connectivity index (χ1n) is 5.20. The summed E-state index contributed by atoms with van der Waals surface area (Å²) in [5, 5.41) is 33.1. The zero-order valence-electron chi connectivity index (χ0n) is 9.92. The highest BCUT2D eigenvalue weighted by Gasteiger charge is 2.23. The molecule has 0 spiro atoms. The van der Waals surface area contributed by atoms with Gasteiger partial charge in [0.1, 0.15) is 25.0 Å². The Balaban J connectivity index is 2.62. The molecule has 0 saturated heterocycles. The number of hydrogen-bond donors (Lipinski definition) is 3. The van der Waals surface area contributed by atoms with Crippen LogP contribution in [-0.4, -0.2) is 48.8 Å². The number of rotatable bonds is 7. The number of carbonyl (C=O) groups excluding carboxylic acids is 1. The number of nitrogens with zero attached hydrogens (tertiary/aromatic N) is 3. The predicted octanol–water partition coefficient (Wildman–Crippen LogP) is -1.16. The highest BCUT2D eigenvalue weighted by atomic mass is 16.6. The van der Waals surface area contributed by atoms with E-state index in [1.54, 1.807) is 0 Å². The van der Waals surface area contributed by atoms with E-state index in [9.17, 15) is 24.5 Å². The number of carboxylic acid groups (broad SMARTS) is 2. The number of nitrogens with one attached hydrogen (secondary N) is 1. The van der Waals surface area contributed by atoms with Crippen LogP contribution < -0.4 is 5.32 Å². The minimum atomic E-state index is -1.58. The summed E-state index contributed by atoms with van der Waals surface area (Å²) in [6.45, 7) is -0.461. The van der Waals surface area contributed by atoms with E-state index in [1.807, 2.05) is 5.32 Å². The molecule has 1 unspecified atom stereocenters. The molecule has 1 atom stereocenters. The van der Waals surface area contributed by atoms with Gasteiger partial charge in [0.2, 0.25) is 5.91 Å². The standard InChI is InChI=1S/C9H10N4O7/c14-7(11-6(9(17)18)1-8(15)16)4-12-3-5(2-10-12)13(19)20/h2-3,6H,1,4H2,(H,11,14)(H,15,16)(H,17,18). The first-order valence-corrected chi connectivity index (χ1v) is 5.20. The summed E-state index contributed by atoms with van der Waals surface area (Å²) in [5.41, 5.74) is -0.321. The van der Waals surface area contributed by atoms with E-state index >= 15 is 0 Å². The van der Waals surface area contributed by atoms with E-state index in [-0.39, 0.29) is 5.69 Å². The molecule has 0 aliphatic heterocycles. The lowest BCUT2D eigenvalue weighted by molar-refractivity contribution is -0.385. The Kier molecular flexibility index (Phi) is 4.72. The number of carbonyl (C=O) groups is 3. The Bertz CT molecular complexity index is 552. The van der Waals surface area contributed by atoms with Gasteiger partial charge in [-0.1, -0.05) is 0 Å². The number of carboxylic acids is 2. The molecule has 0 aliphatic carbocycles. The molecule has 108 valence electrons. The van der Waals surface area contributed by atoms with Crippen molar-refractivity contribution < 1.29 is 29.5 Å². The average molecular weight is 286 g/mol. The van der Waals surface area contributed by atoms with Crippen molar-refractivity contribution in [3.63, 3.8) is 0 Å². The molecule has 0 saturated carbocycles. The van der Waals surface area contributed by atoms with Gasteiger partial charge in [-0.2, -0.15) is 5.10 Å². The summed E-state index contributed by atoms with van der Waals surface area (Å²) >= 11 is 0. The number of amides is 1. The van der Waals surface area contributed by atoms with Gasteiger partial charge in [-0.05, 0) is 0 Å². The van der Waals surface area contributed by atoms with Gasteiger partial charge in [-0.15, -0.1) is 0 Å². The second-order valence-corrected chi connectivity index (χ2v) is 3.71. The number of hydrogen-bond acceptors (Lipinski definition) is 6. The fraction of sp³-hybridized carbons (Fsp3) is 0.333. The molecule has 1 aromatic heterocycles. The molecule has 0 aliphatic rings. The lowest BCUT2D eigenvalue weighted by Gasteiger charge is -2.12. The van der Waals surface area contributed by atoms with Crippen LogP contribution in [0.25, 0.3) is 0 Å². The second-order valence-electron chi connectivity index (χ2n) is 3.71. The van der Waals surface area contributed by atoms with Gasteiger partial charge >= 0.3 is 17.6 Å². The maximum absolute atomic E-state index is 11.5. The SMILES string of the molecule is O=C(O)CC(NC(=O)Cn1cc([N+](=O)[O-])cn1)C(=O)O. The van der Waals surface area contributed by atoms with Gasteiger partial charge < -0.3 is 15.5 Å². The van der Waals surface area contributed by atoms with E-state index in [0.29, 0.717) is 0 Å². The van der Waals surface area contributed by atoms with Crippen LogP contribution >= 0.6 is 0 Å². The summed E-state index contributed by atoms with van der Waals surface area (Å²) in [6.07, 6.45) is 1.14. The molecule has 1 aromatic rings. The van der Waals surface area contributed by atoms with Crippen molar-refractivity contribution in [1.82, 2.24) is 15.1 Å². The van der Waals surface area contributed by atoms with E-state index in [4.69, 9.17) is 10.2 Å². The third kappa shape index (κ3) is 4.36. The zero-order chi connectivity index (χ0) is 15.3. The van der Waals surface area contributed by atoms with Gasteiger partial charge in [0, 0.05) is 0 Å². The van der Waals surface area contributed by atoms with Gasteiger partial charge in [0.15, 0.2) is 0 Å². The third-order valence-corrected chi connectivity index (χ3v) is 2.15. The Morgan fingerprint density at radius 1 is 1.45 bits per heavy atom. The predicted molar refractivity (Wildman–Crippen MR) is 60.7 cm³/mol.